The van der Waals surface area contributed by atoms with Crippen LogP contribution in [0.2, 0.25) is 0 Å². The van der Waals surface area contributed by atoms with Crippen molar-refractivity contribution in [2.75, 3.05) is 12.3 Å². The predicted molar refractivity (Wildman–Crippen MR) is 70.0 cm³/mol. The molecule has 0 aromatic heterocycles. The summed E-state index contributed by atoms with van der Waals surface area (Å²) in [6.07, 6.45) is 2.68. The van der Waals surface area contributed by atoms with Gasteiger partial charge in [0, 0.05) is 23.9 Å². The molecule has 1 heterocycles. The molecule has 1 aromatic rings. The molecule has 1 aliphatic rings. The van der Waals surface area contributed by atoms with Crippen molar-refractivity contribution in [3.63, 3.8) is 0 Å². The Kier molecular flexibility index (Phi) is 4.13. The second-order valence-electron chi connectivity index (χ2n) is 4.35. The molecule has 0 saturated carbocycles. The van der Waals surface area contributed by atoms with Gasteiger partial charge in [-0.1, -0.05) is 18.2 Å². The summed E-state index contributed by atoms with van der Waals surface area (Å²) in [5.41, 5.74) is 1.96. The zero-order valence-corrected chi connectivity index (χ0v) is 10.5. The summed E-state index contributed by atoms with van der Waals surface area (Å²) in [6, 6.07) is 5.92. The lowest BCUT2D eigenvalue weighted by atomic mass is 10.1. The zero-order valence-electron chi connectivity index (χ0n) is 9.70. The Bertz CT molecular complexity index is 348. The molecule has 0 amide bonds. The second-order valence-corrected chi connectivity index (χ2v) is 5.76. The molecular weight excluding hydrogens is 218 g/mol. The third kappa shape index (κ3) is 2.92. The van der Waals surface area contributed by atoms with E-state index in [1.807, 2.05) is 25.1 Å². The number of phenols is 1. The zero-order chi connectivity index (χ0) is 11.4. The van der Waals surface area contributed by atoms with Crippen LogP contribution in [0.3, 0.4) is 0 Å². The minimum atomic E-state index is 0.439. The summed E-state index contributed by atoms with van der Waals surface area (Å²) in [7, 11) is 0. The molecule has 1 atom stereocenters. The van der Waals surface area contributed by atoms with Crippen LogP contribution in [0.5, 0.6) is 5.75 Å². The summed E-state index contributed by atoms with van der Waals surface area (Å²) in [5.74, 6) is 1.75. The molecule has 0 aliphatic carbocycles. The molecule has 2 N–H and O–H groups in total. The van der Waals surface area contributed by atoms with E-state index in [9.17, 15) is 5.11 Å². The number of aryl methyl sites for hydroxylation is 1. The van der Waals surface area contributed by atoms with Crippen molar-refractivity contribution in [3.05, 3.63) is 29.3 Å². The van der Waals surface area contributed by atoms with E-state index in [-0.39, 0.29) is 0 Å². The molecule has 16 heavy (non-hydrogen) atoms. The number of benzene rings is 1. The van der Waals surface area contributed by atoms with Gasteiger partial charge in [0.25, 0.3) is 0 Å². The van der Waals surface area contributed by atoms with E-state index in [2.05, 4.69) is 17.1 Å². The van der Waals surface area contributed by atoms with Crippen LogP contribution in [0.15, 0.2) is 18.2 Å². The molecule has 0 spiro atoms. The van der Waals surface area contributed by atoms with Gasteiger partial charge in [-0.2, -0.15) is 11.8 Å². The maximum absolute atomic E-state index is 9.84. The quantitative estimate of drug-likeness (QED) is 0.844. The molecular formula is C13H19NOS. The highest BCUT2D eigenvalue weighted by Crippen LogP contribution is 2.26. The van der Waals surface area contributed by atoms with Crippen LogP contribution in [0.4, 0.5) is 0 Å². The number of thioether (sulfide) groups is 1. The average molecular weight is 237 g/mol. The van der Waals surface area contributed by atoms with Crippen molar-refractivity contribution in [1.82, 2.24) is 5.32 Å². The van der Waals surface area contributed by atoms with E-state index in [0.29, 0.717) is 5.75 Å². The van der Waals surface area contributed by atoms with Gasteiger partial charge in [0.2, 0.25) is 0 Å². The number of phenolic OH excluding ortho intramolecular Hbond substituents is 1. The fourth-order valence-corrected chi connectivity index (χ4v) is 3.27. The van der Waals surface area contributed by atoms with Crippen molar-refractivity contribution in [2.45, 2.75) is 31.6 Å². The summed E-state index contributed by atoms with van der Waals surface area (Å²) in [6.45, 7) is 3.76. The Balaban J connectivity index is 1.82. The minimum Gasteiger partial charge on any atom is -0.507 e. The maximum Gasteiger partial charge on any atom is 0.122 e. The van der Waals surface area contributed by atoms with Gasteiger partial charge in [0.1, 0.15) is 5.75 Å². The Labute approximate surface area is 101 Å². The van der Waals surface area contributed by atoms with Crippen LogP contribution in [-0.2, 0) is 6.54 Å². The van der Waals surface area contributed by atoms with Gasteiger partial charge in [0.05, 0.1) is 0 Å². The normalized spacial score (nSPS) is 20.2. The molecule has 1 fully saturated rings. The molecule has 2 nitrogen and oxygen atoms in total. The monoisotopic (exact) mass is 237 g/mol. The number of rotatable bonds is 4. The highest BCUT2D eigenvalue weighted by molar-refractivity contribution is 8.00. The SMILES string of the molecule is Cc1cccc(CNCC2CCCS2)c1O. The van der Waals surface area contributed by atoms with Gasteiger partial charge in [-0.25, -0.2) is 0 Å². The molecule has 1 saturated heterocycles. The van der Waals surface area contributed by atoms with Gasteiger partial charge >= 0.3 is 0 Å². The number of para-hydroxylation sites is 1. The van der Waals surface area contributed by atoms with Crippen LogP contribution in [0, 0.1) is 6.92 Å². The van der Waals surface area contributed by atoms with Gasteiger partial charge in [-0.05, 0) is 31.1 Å². The van der Waals surface area contributed by atoms with Crippen molar-refractivity contribution in [1.29, 1.82) is 0 Å². The van der Waals surface area contributed by atoms with Crippen molar-refractivity contribution in [3.8, 4) is 5.75 Å². The highest BCUT2D eigenvalue weighted by atomic mass is 32.2. The topological polar surface area (TPSA) is 32.3 Å². The van der Waals surface area contributed by atoms with E-state index in [1.165, 1.54) is 18.6 Å². The smallest absolute Gasteiger partial charge is 0.122 e. The highest BCUT2D eigenvalue weighted by Gasteiger charge is 2.14. The Morgan fingerprint density at radius 3 is 3.12 bits per heavy atom. The van der Waals surface area contributed by atoms with Crippen molar-refractivity contribution < 1.29 is 5.11 Å². The number of hydrogen-bond donors (Lipinski definition) is 2. The van der Waals surface area contributed by atoms with Crippen LogP contribution in [0.25, 0.3) is 0 Å². The van der Waals surface area contributed by atoms with E-state index in [4.69, 9.17) is 0 Å². The van der Waals surface area contributed by atoms with E-state index in [1.54, 1.807) is 0 Å². The largest absolute Gasteiger partial charge is 0.507 e. The standard InChI is InChI=1S/C13H19NOS/c1-10-4-2-5-11(13(10)15)8-14-9-12-6-3-7-16-12/h2,4-5,12,14-15H,3,6-9H2,1H3. The summed E-state index contributed by atoms with van der Waals surface area (Å²) in [5, 5.41) is 14.0. The first-order chi connectivity index (χ1) is 7.77. The van der Waals surface area contributed by atoms with Gasteiger partial charge < -0.3 is 10.4 Å². The minimum absolute atomic E-state index is 0.439. The second kappa shape index (κ2) is 5.60. The number of nitrogens with one attached hydrogen (secondary N) is 1. The van der Waals surface area contributed by atoms with Gasteiger partial charge in [-0.3, -0.25) is 0 Å². The molecule has 1 aliphatic heterocycles. The molecule has 3 heteroatoms. The Morgan fingerprint density at radius 1 is 1.50 bits per heavy atom. The van der Waals surface area contributed by atoms with Crippen LogP contribution in [0.1, 0.15) is 24.0 Å². The Hall–Kier alpha value is -0.670. The van der Waals surface area contributed by atoms with Crippen LogP contribution >= 0.6 is 11.8 Å². The number of aromatic hydroxyl groups is 1. The lowest BCUT2D eigenvalue weighted by Crippen LogP contribution is -2.22. The summed E-state index contributed by atoms with van der Waals surface area (Å²) in [4.78, 5) is 0. The third-order valence-corrected chi connectivity index (χ3v) is 4.43. The fourth-order valence-electron chi connectivity index (χ4n) is 2.04. The Morgan fingerprint density at radius 2 is 2.38 bits per heavy atom. The third-order valence-electron chi connectivity index (χ3n) is 3.03. The molecule has 2 rings (SSSR count). The van der Waals surface area contributed by atoms with E-state index < -0.39 is 0 Å². The fraction of sp³-hybridized carbons (Fsp3) is 0.538. The first kappa shape index (κ1) is 11.8. The molecule has 0 radical (unpaired) electrons. The molecule has 88 valence electrons. The predicted octanol–water partition coefficient (Wildman–Crippen LogP) is 2.69. The lowest BCUT2D eigenvalue weighted by Gasteiger charge is -2.11. The lowest BCUT2D eigenvalue weighted by molar-refractivity contribution is 0.460. The molecule has 1 unspecified atom stereocenters. The maximum atomic E-state index is 9.84. The average Bonchev–Trinajstić information content (AvgIpc) is 2.77. The molecule has 1 aromatic carbocycles. The van der Waals surface area contributed by atoms with Crippen LogP contribution < -0.4 is 5.32 Å². The summed E-state index contributed by atoms with van der Waals surface area (Å²) < 4.78 is 0. The number of hydrogen-bond acceptors (Lipinski definition) is 3. The summed E-state index contributed by atoms with van der Waals surface area (Å²) >= 11 is 2.06. The van der Waals surface area contributed by atoms with E-state index >= 15 is 0 Å². The van der Waals surface area contributed by atoms with Gasteiger partial charge in [-0.15, -0.1) is 0 Å². The molecule has 0 bridgehead atoms. The van der Waals surface area contributed by atoms with E-state index in [0.717, 1.165) is 29.5 Å². The first-order valence-electron chi connectivity index (χ1n) is 5.87. The van der Waals surface area contributed by atoms with Crippen LogP contribution in [-0.4, -0.2) is 22.7 Å². The van der Waals surface area contributed by atoms with Crippen molar-refractivity contribution in [2.24, 2.45) is 0 Å². The first-order valence-corrected chi connectivity index (χ1v) is 6.92. The van der Waals surface area contributed by atoms with Crippen molar-refractivity contribution >= 4 is 11.8 Å². The van der Waals surface area contributed by atoms with Gasteiger partial charge in [0.15, 0.2) is 0 Å².